The molecule has 1 fully saturated rings. The molecular formula is C9H17NO2. The molecule has 3 heteroatoms. The molecule has 0 bridgehead atoms. The molecule has 1 N–H and O–H groups in total. The summed E-state index contributed by atoms with van der Waals surface area (Å²) < 4.78 is 5.22. The average molecular weight is 171 g/mol. The number of ether oxygens (including phenoxy) is 1. The van der Waals surface area contributed by atoms with Crippen LogP contribution in [0.15, 0.2) is 11.6 Å². The highest BCUT2D eigenvalue weighted by Gasteiger charge is 2.07. The zero-order valence-electron chi connectivity index (χ0n) is 7.62. The van der Waals surface area contributed by atoms with Gasteiger partial charge in [-0.15, -0.1) is 0 Å². The molecule has 0 unspecified atom stereocenters. The number of aliphatic hydroxyl groups is 1. The van der Waals surface area contributed by atoms with E-state index in [0.29, 0.717) is 0 Å². The summed E-state index contributed by atoms with van der Waals surface area (Å²) in [6.45, 7) is 6.75. The Kier molecular flexibility index (Phi) is 4.29. The summed E-state index contributed by atoms with van der Waals surface area (Å²) >= 11 is 0. The molecule has 0 aromatic carbocycles. The second-order valence-corrected chi connectivity index (χ2v) is 3.12. The zero-order valence-corrected chi connectivity index (χ0v) is 7.62. The molecule has 0 saturated carbocycles. The molecule has 3 nitrogen and oxygen atoms in total. The lowest BCUT2D eigenvalue weighted by Crippen LogP contribution is -2.36. The summed E-state index contributed by atoms with van der Waals surface area (Å²) in [6.07, 6.45) is 2.07. The highest BCUT2D eigenvalue weighted by Crippen LogP contribution is 1.98. The Morgan fingerprint density at radius 2 is 2.17 bits per heavy atom. The number of hydrogen-bond acceptors (Lipinski definition) is 3. The number of morpholine rings is 1. The molecule has 0 aliphatic carbocycles. The number of hydrogen-bond donors (Lipinski definition) is 1. The van der Waals surface area contributed by atoms with E-state index in [2.05, 4.69) is 11.0 Å². The van der Waals surface area contributed by atoms with Crippen LogP contribution in [-0.2, 0) is 4.74 Å². The molecule has 0 spiro atoms. The van der Waals surface area contributed by atoms with Crippen molar-refractivity contribution in [2.75, 3.05) is 39.5 Å². The third-order valence-corrected chi connectivity index (χ3v) is 2.05. The van der Waals surface area contributed by atoms with E-state index in [1.54, 1.807) is 0 Å². The van der Waals surface area contributed by atoms with Gasteiger partial charge in [0.15, 0.2) is 0 Å². The fraction of sp³-hybridized carbons (Fsp3) is 0.778. The summed E-state index contributed by atoms with van der Waals surface area (Å²) in [5.41, 5.74) is 1.04. The van der Waals surface area contributed by atoms with Crippen molar-refractivity contribution < 1.29 is 9.84 Å². The van der Waals surface area contributed by atoms with Crippen LogP contribution in [0.2, 0.25) is 0 Å². The van der Waals surface area contributed by atoms with Gasteiger partial charge in [-0.2, -0.15) is 0 Å². The smallest absolute Gasteiger partial charge is 0.0639 e. The Hall–Kier alpha value is -0.380. The first-order valence-electron chi connectivity index (χ1n) is 4.39. The van der Waals surface area contributed by atoms with Gasteiger partial charge in [-0.3, -0.25) is 4.90 Å². The zero-order chi connectivity index (χ0) is 8.81. The molecule has 1 heterocycles. The molecule has 1 saturated heterocycles. The van der Waals surface area contributed by atoms with E-state index >= 15 is 0 Å². The predicted octanol–water partition coefficient (Wildman–Crippen LogP) is 0.257. The standard InChI is InChI=1S/C9H17NO2/c1-9(8-11)2-3-10-4-6-12-7-5-10/h2,11H,3-8H2,1H3/b9-2+. The summed E-state index contributed by atoms with van der Waals surface area (Å²) in [4.78, 5) is 2.32. The maximum absolute atomic E-state index is 8.75. The van der Waals surface area contributed by atoms with E-state index in [1.807, 2.05) is 6.92 Å². The molecule has 0 aromatic heterocycles. The lowest BCUT2D eigenvalue weighted by atomic mass is 10.3. The van der Waals surface area contributed by atoms with Crippen molar-refractivity contribution in [3.63, 3.8) is 0 Å². The number of aliphatic hydroxyl groups excluding tert-OH is 1. The second kappa shape index (κ2) is 5.30. The van der Waals surface area contributed by atoms with Gasteiger partial charge in [0.25, 0.3) is 0 Å². The highest BCUT2D eigenvalue weighted by atomic mass is 16.5. The minimum absolute atomic E-state index is 0.171. The van der Waals surface area contributed by atoms with E-state index in [1.165, 1.54) is 0 Å². The Labute approximate surface area is 73.6 Å². The molecule has 1 rings (SSSR count). The first-order valence-corrected chi connectivity index (χ1v) is 4.39. The van der Waals surface area contributed by atoms with E-state index in [4.69, 9.17) is 9.84 Å². The summed E-state index contributed by atoms with van der Waals surface area (Å²) in [7, 11) is 0. The van der Waals surface area contributed by atoms with Gasteiger partial charge >= 0.3 is 0 Å². The summed E-state index contributed by atoms with van der Waals surface area (Å²) in [5.74, 6) is 0. The minimum Gasteiger partial charge on any atom is -0.392 e. The first-order chi connectivity index (χ1) is 5.83. The maximum atomic E-state index is 8.75. The van der Waals surface area contributed by atoms with E-state index < -0.39 is 0 Å². The topological polar surface area (TPSA) is 32.7 Å². The Morgan fingerprint density at radius 1 is 1.50 bits per heavy atom. The molecule has 1 aliphatic rings. The van der Waals surface area contributed by atoms with Crippen molar-refractivity contribution in [1.29, 1.82) is 0 Å². The van der Waals surface area contributed by atoms with Crippen LogP contribution in [0.4, 0.5) is 0 Å². The van der Waals surface area contributed by atoms with Gasteiger partial charge in [-0.1, -0.05) is 11.6 Å². The van der Waals surface area contributed by atoms with Crippen LogP contribution >= 0.6 is 0 Å². The fourth-order valence-electron chi connectivity index (χ4n) is 1.13. The normalized spacial score (nSPS) is 21.3. The Morgan fingerprint density at radius 3 is 2.75 bits per heavy atom. The number of rotatable bonds is 3. The monoisotopic (exact) mass is 171 g/mol. The molecule has 1 aliphatic heterocycles. The Bertz CT molecular complexity index is 151. The van der Waals surface area contributed by atoms with Gasteiger partial charge in [-0.05, 0) is 6.92 Å². The minimum atomic E-state index is 0.171. The molecule has 0 amide bonds. The number of nitrogens with zero attached hydrogens (tertiary/aromatic N) is 1. The van der Waals surface area contributed by atoms with E-state index in [-0.39, 0.29) is 6.61 Å². The van der Waals surface area contributed by atoms with Crippen molar-refractivity contribution in [3.8, 4) is 0 Å². The SMILES string of the molecule is C/C(=C\CN1CCOCC1)CO. The van der Waals surface area contributed by atoms with Crippen LogP contribution in [0.25, 0.3) is 0 Å². The average Bonchev–Trinajstić information content (AvgIpc) is 2.16. The summed E-state index contributed by atoms with van der Waals surface area (Å²) in [6, 6.07) is 0. The molecule has 0 aromatic rings. The van der Waals surface area contributed by atoms with Crippen molar-refractivity contribution in [3.05, 3.63) is 11.6 Å². The molecular weight excluding hydrogens is 154 g/mol. The van der Waals surface area contributed by atoms with Crippen molar-refractivity contribution >= 4 is 0 Å². The van der Waals surface area contributed by atoms with E-state index in [9.17, 15) is 0 Å². The van der Waals surface area contributed by atoms with Crippen LogP contribution in [0.3, 0.4) is 0 Å². The third-order valence-electron chi connectivity index (χ3n) is 2.05. The van der Waals surface area contributed by atoms with Crippen molar-refractivity contribution in [2.45, 2.75) is 6.92 Å². The van der Waals surface area contributed by atoms with Crippen molar-refractivity contribution in [2.24, 2.45) is 0 Å². The molecule has 70 valence electrons. The highest BCUT2D eigenvalue weighted by molar-refractivity contribution is 4.99. The van der Waals surface area contributed by atoms with Crippen LogP contribution in [0.5, 0.6) is 0 Å². The summed E-state index contributed by atoms with van der Waals surface area (Å²) in [5, 5.41) is 8.75. The van der Waals surface area contributed by atoms with Gasteiger partial charge in [0.2, 0.25) is 0 Å². The van der Waals surface area contributed by atoms with E-state index in [0.717, 1.165) is 38.4 Å². The third kappa shape index (κ3) is 3.34. The fourth-order valence-corrected chi connectivity index (χ4v) is 1.13. The van der Waals surface area contributed by atoms with Gasteiger partial charge in [0.05, 0.1) is 19.8 Å². The van der Waals surface area contributed by atoms with Crippen LogP contribution in [0.1, 0.15) is 6.92 Å². The quantitative estimate of drug-likeness (QED) is 0.618. The first kappa shape index (κ1) is 9.71. The van der Waals surface area contributed by atoms with Crippen molar-refractivity contribution in [1.82, 2.24) is 4.90 Å². The molecule has 12 heavy (non-hydrogen) atoms. The van der Waals surface area contributed by atoms with Gasteiger partial charge in [0.1, 0.15) is 0 Å². The van der Waals surface area contributed by atoms with Gasteiger partial charge < -0.3 is 9.84 Å². The predicted molar refractivity (Wildman–Crippen MR) is 48.1 cm³/mol. The molecule has 0 atom stereocenters. The largest absolute Gasteiger partial charge is 0.392 e. The van der Waals surface area contributed by atoms with Gasteiger partial charge in [0, 0.05) is 19.6 Å². The van der Waals surface area contributed by atoms with Crippen LogP contribution in [-0.4, -0.2) is 49.5 Å². The molecule has 0 radical (unpaired) electrons. The lowest BCUT2D eigenvalue weighted by Gasteiger charge is -2.25. The second-order valence-electron chi connectivity index (χ2n) is 3.12. The maximum Gasteiger partial charge on any atom is 0.0639 e. The van der Waals surface area contributed by atoms with Crippen LogP contribution in [0, 0.1) is 0 Å². The van der Waals surface area contributed by atoms with Gasteiger partial charge in [-0.25, -0.2) is 0 Å². The Balaban J connectivity index is 2.21. The lowest BCUT2D eigenvalue weighted by molar-refractivity contribution is 0.0433. The van der Waals surface area contributed by atoms with Crippen LogP contribution < -0.4 is 0 Å².